The van der Waals surface area contributed by atoms with E-state index in [9.17, 15) is 0 Å². The smallest absolute Gasteiger partial charge is 0.0698 e. The summed E-state index contributed by atoms with van der Waals surface area (Å²) in [6.07, 6.45) is 0. The van der Waals surface area contributed by atoms with Crippen molar-refractivity contribution in [3.8, 4) is 0 Å². The molecule has 0 radical (unpaired) electrons. The van der Waals surface area contributed by atoms with E-state index < -0.39 is 0 Å². The van der Waals surface area contributed by atoms with Gasteiger partial charge in [-0.05, 0) is 34.1 Å². The predicted octanol–water partition coefficient (Wildman–Crippen LogP) is 1.45. The van der Waals surface area contributed by atoms with E-state index in [1.807, 2.05) is 18.2 Å². The van der Waals surface area contributed by atoms with Crippen molar-refractivity contribution in [2.75, 3.05) is 37.4 Å². The topological polar surface area (TPSA) is 67.5 Å². The molecule has 0 aromatic heterocycles. The van der Waals surface area contributed by atoms with E-state index in [-0.39, 0.29) is 6.61 Å². The Morgan fingerprint density at radius 2 is 2.20 bits per heavy atom. The molecule has 4 N–H and O–H groups in total. The van der Waals surface area contributed by atoms with Crippen molar-refractivity contribution in [2.45, 2.75) is 0 Å². The highest BCUT2D eigenvalue weighted by molar-refractivity contribution is 9.10. The molecule has 0 bridgehead atoms. The average Bonchev–Trinajstić information content (AvgIpc) is 2.20. The number of hydrogen-bond donors (Lipinski definition) is 3. The van der Waals surface area contributed by atoms with Gasteiger partial charge in [-0.3, -0.25) is 0 Å². The lowest BCUT2D eigenvalue weighted by atomic mass is 10.3. The summed E-state index contributed by atoms with van der Waals surface area (Å²) >= 11 is 3.41. The summed E-state index contributed by atoms with van der Waals surface area (Å²) in [7, 11) is 0. The van der Waals surface area contributed by atoms with Gasteiger partial charge in [0.25, 0.3) is 0 Å². The number of nitrogens with two attached hydrogens (primary N) is 1. The third-order valence-corrected chi connectivity index (χ3v) is 2.45. The number of aliphatic hydroxyl groups excluding tert-OH is 1. The quantitative estimate of drug-likeness (QED) is 0.543. The Kier molecular flexibility index (Phi) is 5.45. The standard InChI is InChI=1S/C10H15BrN2O2/c11-9-7-8(12)1-2-10(9)13-3-5-15-6-4-14/h1-2,7,13-14H,3-6,12H2. The lowest BCUT2D eigenvalue weighted by Gasteiger charge is -2.09. The molecule has 15 heavy (non-hydrogen) atoms. The van der Waals surface area contributed by atoms with Crippen LogP contribution in [0, 0.1) is 0 Å². The van der Waals surface area contributed by atoms with Crippen LogP contribution in [0.15, 0.2) is 22.7 Å². The normalized spacial score (nSPS) is 10.3. The van der Waals surface area contributed by atoms with Crippen molar-refractivity contribution < 1.29 is 9.84 Å². The molecule has 0 heterocycles. The Bertz CT molecular complexity index is 307. The number of hydrogen-bond acceptors (Lipinski definition) is 4. The molecule has 84 valence electrons. The fraction of sp³-hybridized carbons (Fsp3) is 0.400. The molecule has 0 fully saturated rings. The maximum Gasteiger partial charge on any atom is 0.0698 e. The van der Waals surface area contributed by atoms with Crippen molar-refractivity contribution in [3.63, 3.8) is 0 Å². The van der Waals surface area contributed by atoms with Crippen LogP contribution >= 0.6 is 15.9 Å². The second-order valence-electron chi connectivity index (χ2n) is 3.00. The Morgan fingerprint density at radius 3 is 2.87 bits per heavy atom. The van der Waals surface area contributed by atoms with Crippen molar-refractivity contribution in [1.82, 2.24) is 0 Å². The average molecular weight is 275 g/mol. The first-order valence-electron chi connectivity index (χ1n) is 4.71. The summed E-state index contributed by atoms with van der Waals surface area (Å²) in [5, 5.41) is 11.7. The minimum Gasteiger partial charge on any atom is -0.399 e. The molecular formula is C10H15BrN2O2. The fourth-order valence-corrected chi connectivity index (χ4v) is 1.64. The van der Waals surface area contributed by atoms with Crippen molar-refractivity contribution >= 4 is 27.3 Å². The van der Waals surface area contributed by atoms with Crippen LogP contribution in [0.4, 0.5) is 11.4 Å². The molecule has 0 aliphatic rings. The van der Waals surface area contributed by atoms with E-state index in [0.717, 1.165) is 15.8 Å². The first kappa shape index (κ1) is 12.3. The molecule has 0 saturated heterocycles. The van der Waals surface area contributed by atoms with Crippen LogP contribution in [0.2, 0.25) is 0 Å². The highest BCUT2D eigenvalue weighted by atomic mass is 79.9. The third kappa shape index (κ3) is 4.51. The van der Waals surface area contributed by atoms with E-state index in [4.69, 9.17) is 15.6 Å². The second kappa shape index (κ2) is 6.66. The zero-order valence-corrected chi connectivity index (χ0v) is 9.96. The van der Waals surface area contributed by atoms with E-state index in [1.165, 1.54) is 0 Å². The number of nitrogen functional groups attached to an aromatic ring is 1. The number of nitrogens with one attached hydrogen (secondary N) is 1. The molecule has 1 aromatic rings. The molecule has 5 heteroatoms. The SMILES string of the molecule is Nc1ccc(NCCOCCO)c(Br)c1. The first-order valence-corrected chi connectivity index (χ1v) is 5.51. The predicted molar refractivity (Wildman–Crippen MR) is 64.9 cm³/mol. The number of anilines is 2. The summed E-state index contributed by atoms with van der Waals surface area (Å²) in [4.78, 5) is 0. The first-order chi connectivity index (χ1) is 7.24. The van der Waals surface area contributed by atoms with Crippen LogP contribution in [0.1, 0.15) is 0 Å². The second-order valence-corrected chi connectivity index (χ2v) is 3.86. The maximum absolute atomic E-state index is 8.49. The van der Waals surface area contributed by atoms with Gasteiger partial charge in [-0.15, -0.1) is 0 Å². The lowest BCUT2D eigenvalue weighted by Crippen LogP contribution is -2.11. The molecule has 0 spiro atoms. The van der Waals surface area contributed by atoms with Gasteiger partial charge < -0.3 is 20.9 Å². The van der Waals surface area contributed by atoms with Crippen LogP contribution in [0.5, 0.6) is 0 Å². The molecule has 0 unspecified atom stereocenters. The van der Waals surface area contributed by atoms with E-state index in [2.05, 4.69) is 21.2 Å². The largest absolute Gasteiger partial charge is 0.399 e. The van der Waals surface area contributed by atoms with E-state index >= 15 is 0 Å². The molecule has 0 saturated carbocycles. The van der Waals surface area contributed by atoms with Crippen molar-refractivity contribution in [3.05, 3.63) is 22.7 Å². The maximum atomic E-state index is 8.49. The zero-order chi connectivity index (χ0) is 11.1. The molecule has 0 aliphatic carbocycles. The number of ether oxygens (including phenoxy) is 1. The summed E-state index contributed by atoms with van der Waals surface area (Å²) in [6, 6.07) is 5.59. The van der Waals surface area contributed by atoms with Crippen molar-refractivity contribution in [2.24, 2.45) is 0 Å². The van der Waals surface area contributed by atoms with Gasteiger partial charge in [0.15, 0.2) is 0 Å². The monoisotopic (exact) mass is 274 g/mol. The Morgan fingerprint density at radius 1 is 1.40 bits per heavy atom. The van der Waals surface area contributed by atoms with Gasteiger partial charge in [0.05, 0.1) is 19.8 Å². The van der Waals surface area contributed by atoms with Crippen LogP contribution < -0.4 is 11.1 Å². The lowest BCUT2D eigenvalue weighted by molar-refractivity contribution is 0.0992. The number of halogens is 1. The minimum atomic E-state index is 0.0611. The van der Waals surface area contributed by atoms with Crippen molar-refractivity contribution in [1.29, 1.82) is 0 Å². The van der Waals surface area contributed by atoms with Crippen LogP contribution in [0.25, 0.3) is 0 Å². The molecule has 0 amide bonds. The molecule has 0 atom stereocenters. The van der Waals surface area contributed by atoms with Crippen LogP contribution in [0.3, 0.4) is 0 Å². The Balaban J connectivity index is 2.31. The molecule has 1 aromatic carbocycles. The number of benzene rings is 1. The third-order valence-electron chi connectivity index (χ3n) is 1.79. The van der Waals surface area contributed by atoms with Gasteiger partial charge in [0, 0.05) is 22.4 Å². The van der Waals surface area contributed by atoms with Gasteiger partial charge in [0.1, 0.15) is 0 Å². The minimum absolute atomic E-state index is 0.0611. The zero-order valence-electron chi connectivity index (χ0n) is 8.37. The number of aliphatic hydroxyl groups is 1. The highest BCUT2D eigenvalue weighted by Crippen LogP contribution is 2.24. The number of rotatable bonds is 6. The molecule has 1 rings (SSSR count). The van der Waals surface area contributed by atoms with Gasteiger partial charge >= 0.3 is 0 Å². The molecule has 4 nitrogen and oxygen atoms in total. The summed E-state index contributed by atoms with van der Waals surface area (Å²) in [5.41, 5.74) is 7.32. The summed E-state index contributed by atoms with van der Waals surface area (Å²) in [6.45, 7) is 1.70. The van der Waals surface area contributed by atoms with E-state index in [1.54, 1.807) is 0 Å². The summed E-state index contributed by atoms with van der Waals surface area (Å²) < 4.78 is 6.05. The van der Waals surface area contributed by atoms with E-state index in [0.29, 0.717) is 19.8 Å². The fourth-order valence-electron chi connectivity index (χ4n) is 1.10. The molecular weight excluding hydrogens is 260 g/mol. The highest BCUT2D eigenvalue weighted by Gasteiger charge is 1.98. The van der Waals surface area contributed by atoms with Crippen LogP contribution in [-0.4, -0.2) is 31.5 Å². The van der Waals surface area contributed by atoms with Gasteiger partial charge in [0.2, 0.25) is 0 Å². The summed E-state index contributed by atoms with van der Waals surface area (Å²) in [5.74, 6) is 0. The molecule has 0 aliphatic heterocycles. The Hall–Kier alpha value is -0.780. The van der Waals surface area contributed by atoms with Crippen LogP contribution in [-0.2, 0) is 4.74 Å². The Labute approximate surface area is 97.6 Å². The van der Waals surface area contributed by atoms with Gasteiger partial charge in [-0.1, -0.05) is 0 Å². The van der Waals surface area contributed by atoms with Gasteiger partial charge in [-0.2, -0.15) is 0 Å². The van der Waals surface area contributed by atoms with Gasteiger partial charge in [-0.25, -0.2) is 0 Å².